The van der Waals surface area contributed by atoms with Crippen molar-refractivity contribution in [1.82, 2.24) is 9.55 Å². The maximum atomic E-state index is 9.92. The molecule has 4 rings (SSSR count). The van der Waals surface area contributed by atoms with Crippen LogP contribution in [0, 0.1) is 5.92 Å². The van der Waals surface area contributed by atoms with E-state index in [1.54, 1.807) is 0 Å². The average molecular weight is 226 g/mol. The second-order valence-electron chi connectivity index (χ2n) is 5.03. The number of imidazole rings is 1. The minimum atomic E-state index is -0.151. The van der Waals surface area contributed by atoms with Crippen LogP contribution in [-0.4, -0.2) is 20.8 Å². The molecule has 2 heterocycles. The van der Waals surface area contributed by atoms with Crippen molar-refractivity contribution in [3.05, 3.63) is 42.4 Å². The summed E-state index contributed by atoms with van der Waals surface area (Å²) in [5.41, 5.74) is 3.80. The Kier molecular flexibility index (Phi) is 1.77. The minimum Gasteiger partial charge on any atom is -0.393 e. The maximum Gasteiger partial charge on any atom is 0.0956 e. The van der Waals surface area contributed by atoms with Crippen LogP contribution in [0.5, 0.6) is 0 Å². The lowest BCUT2D eigenvalue weighted by atomic mass is 9.74. The number of nitrogens with zero attached hydrogens (tertiary/aromatic N) is 2. The molecule has 1 fully saturated rings. The van der Waals surface area contributed by atoms with Crippen LogP contribution in [0.3, 0.4) is 0 Å². The summed E-state index contributed by atoms with van der Waals surface area (Å²) in [5, 5.41) is 9.92. The fourth-order valence-corrected chi connectivity index (χ4v) is 3.19. The first kappa shape index (κ1) is 9.42. The van der Waals surface area contributed by atoms with Crippen molar-refractivity contribution in [3.8, 4) is 11.3 Å². The molecule has 3 atom stereocenters. The van der Waals surface area contributed by atoms with Crippen molar-refractivity contribution < 1.29 is 5.11 Å². The zero-order valence-electron chi connectivity index (χ0n) is 9.45. The van der Waals surface area contributed by atoms with Gasteiger partial charge >= 0.3 is 0 Å². The smallest absolute Gasteiger partial charge is 0.0956 e. The third-order valence-electron chi connectivity index (χ3n) is 4.22. The highest BCUT2D eigenvalue weighted by atomic mass is 16.3. The van der Waals surface area contributed by atoms with Crippen LogP contribution in [0.15, 0.2) is 36.8 Å². The Balaban J connectivity index is 1.90. The molecule has 17 heavy (non-hydrogen) atoms. The molecule has 1 saturated carbocycles. The van der Waals surface area contributed by atoms with Crippen LogP contribution in [0.1, 0.15) is 24.4 Å². The van der Waals surface area contributed by atoms with Crippen LogP contribution in [0.25, 0.3) is 11.3 Å². The highest BCUT2D eigenvalue weighted by molar-refractivity contribution is 5.69. The predicted molar refractivity (Wildman–Crippen MR) is 64.5 cm³/mol. The quantitative estimate of drug-likeness (QED) is 0.809. The molecule has 3 heteroatoms. The summed E-state index contributed by atoms with van der Waals surface area (Å²) in [6.45, 7) is 0. The molecular formula is C14H14N2O. The Labute approximate surface area is 99.7 Å². The van der Waals surface area contributed by atoms with E-state index in [0.717, 1.165) is 12.8 Å². The second kappa shape index (κ2) is 3.20. The van der Waals surface area contributed by atoms with Crippen LogP contribution >= 0.6 is 0 Å². The van der Waals surface area contributed by atoms with E-state index in [4.69, 9.17) is 0 Å². The van der Waals surface area contributed by atoms with Crippen molar-refractivity contribution in [2.45, 2.75) is 25.0 Å². The first-order valence-corrected chi connectivity index (χ1v) is 6.15. The molecule has 0 spiro atoms. The zero-order chi connectivity index (χ0) is 11.4. The molecule has 1 aliphatic carbocycles. The molecule has 3 nitrogen and oxygen atoms in total. The van der Waals surface area contributed by atoms with Gasteiger partial charge in [-0.1, -0.05) is 24.3 Å². The maximum absolute atomic E-state index is 9.92. The summed E-state index contributed by atoms with van der Waals surface area (Å²) >= 11 is 0. The van der Waals surface area contributed by atoms with Crippen LogP contribution in [-0.2, 0) is 0 Å². The number of rotatable bonds is 1. The second-order valence-corrected chi connectivity index (χ2v) is 5.03. The third-order valence-corrected chi connectivity index (χ3v) is 4.22. The molecule has 86 valence electrons. The van der Waals surface area contributed by atoms with Crippen LogP contribution < -0.4 is 0 Å². The molecule has 2 aliphatic rings. The lowest BCUT2D eigenvalue weighted by Crippen LogP contribution is -2.37. The first-order valence-electron chi connectivity index (χ1n) is 6.15. The summed E-state index contributed by atoms with van der Waals surface area (Å²) in [6.07, 6.45) is 5.71. The number of aromatic nitrogens is 2. The van der Waals surface area contributed by atoms with Crippen LogP contribution in [0.4, 0.5) is 0 Å². The predicted octanol–water partition coefficient (Wildman–Crippen LogP) is 2.22. The molecule has 1 aromatic heterocycles. The molecule has 1 aliphatic heterocycles. The number of aliphatic hydroxyl groups is 1. The molecule has 0 amide bonds. The Hall–Kier alpha value is -1.61. The van der Waals surface area contributed by atoms with Gasteiger partial charge in [-0.15, -0.1) is 0 Å². The van der Waals surface area contributed by atoms with E-state index in [1.165, 1.54) is 16.8 Å². The lowest BCUT2D eigenvalue weighted by molar-refractivity contribution is 0.00415. The van der Waals surface area contributed by atoms with Gasteiger partial charge in [0, 0.05) is 11.5 Å². The highest BCUT2D eigenvalue weighted by Crippen LogP contribution is 2.48. The van der Waals surface area contributed by atoms with E-state index >= 15 is 0 Å². The van der Waals surface area contributed by atoms with Crippen molar-refractivity contribution in [2.24, 2.45) is 5.92 Å². The molecule has 0 saturated heterocycles. The monoisotopic (exact) mass is 226 g/mol. The van der Waals surface area contributed by atoms with Crippen molar-refractivity contribution in [2.75, 3.05) is 0 Å². The van der Waals surface area contributed by atoms with E-state index in [2.05, 4.69) is 33.8 Å². The van der Waals surface area contributed by atoms with Crippen LogP contribution in [0.2, 0.25) is 0 Å². The van der Waals surface area contributed by atoms with E-state index in [0.29, 0.717) is 5.92 Å². The normalized spacial score (nSPS) is 29.6. The zero-order valence-corrected chi connectivity index (χ0v) is 9.45. The molecule has 1 N–H and O–H groups in total. The minimum absolute atomic E-state index is 0.151. The summed E-state index contributed by atoms with van der Waals surface area (Å²) in [5.74, 6) is 0.353. The number of aliphatic hydroxyl groups excluding tert-OH is 1. The molecule has 1 unspecified atom stereocenters. The van der Waals surface area contributed by atoms with Gasteiger partial charge in [0.05, 0.1) is 30.4 Å². The standard InChI is InChI=1S/C14H14N2O/c17-13-6-5-11(13)14-10-4-2-1-3-9(10)12-7-15-8-16(12)14/h1-4,7-8,11,13-14,17H,5-6H2/t11-,13+,14?/m1/s1. The fourth-order valence-electron chi connectivity index (χ4n) is 3.19. The number of hydrogen-bond donors (Lipinski definition) is 1. The summed E-state index contributed by atoms with van der Waals surface area (Å²) in [6, 6.07) is 8.76. The molecule has 0 radical (unpaired) electrons. The van der Waals surface area contributed by atoms with Gasteiger partial charge in [-0.3, -0.25) is 0 Å². The molecular weight excluding hydrogens is 212 g/mol. The first-order chi connectivity index (χ1) is 8.36. The molecule has 2 aromatic rings. The van der Waals surface area contributed by atoms with Gasteiger partial charge in [-0.2, -0.15) is 0 Å². The lowest BCUT2D eigenvalue weighted by Gasteiger charge is -2.38. The van der Waals surface area contributed by atoms with Gasteiger partial charge in [0.1, 0.15) is 0 Å². The number of benzene rings is 1. The summed E-state index contributed by atoms with van der Waals surface area (Å²) < 4.78 is 2.22. The van der Waals surface area contributed by atoms with Crippen molar-refractivity contribution >= 4 is 0 Å². The van der Waals surface area contributed by atoms with E-state index < -0.39 is 0 Å². The summed E-state index contributed by atoms with van der Waals surface area (Å²) in [7, 11) is 0. The van der Waals surface area contributed by atoms with Gasteiger partial charge < -0.3 is 9.67 Å². The Morgan fingerprint density at radius 2 is 2.12 bits per heavy atom. The average Bonchev–Trinajstić information content (AvgIpc) is 2.91. The topological polar surface area (TPSA) is 38.1 Å². The largest absolute Gasteiger partial charge is 0.393 e. The van der Waals surface area contributed by atoms with Gasteiger partial charge in [0.15, 0.2) is 0 Å². The number of hydrogen-bond acceptors (Lipinski definition) is 2. The van der Waals surface area contributed by atoms with Gasteiger partial charge in [-0.25, -0.2) is 4.98 Å². The van der Waals surface area contributed by atoms with Gasteiger partial charge in [0.25, 0.3) is 0 Å². The van der Waals surface area contributed by atoms with Gasteiger partial charge in [-0.05, 0) is 18.4 Å². The van der Waals surface area contributed by atoms with E-state index in [-0.39, 0.29) is 12.1 Å². The molecule has 1 aromatic carbocycles. The SMILES string of the molecule is O[C@H]1CC[C@H]1C1c2ccccc2-c2cncn21. The number of fused-ring (bicyclic) bond motifs is 3. The Morgan fingerprint density at radius 1 is 1.24 bits per heavy atom. The molecule has 0 bridgehead atoms. The van der Waals surface area contributed by atoms with E-state index in [9.17, 15) is 5.11 Å². The fraction of sp³-hybridized carbons (Fsp3) is 0.357. The van der Waals surface area contributed by atoms with Crippen molar-refractivity contribution in [1.29, 1.82) is 0 Å². The van der Waals surface area contributed by atoms with Gasteiger partial charge in [0.2, 0.25) is 0 Å². The summed E-state index contributed by atoms with van der Waals surface area (Å²) in [4.78, 5) is 4.24. The van der Waals surface area contributed by atoms with Crippen molar-refractivity contribution in [3.63, 3.8) is 0 Å². The highest BCUT2D eigenvalue weighted by Gasteiger charge is 2.41. The van der Waals surface area contributed by atoms with E-state index in [1.807, 2.05) is 12.5 Å². The Morgan fingerprint density at radius 3 is 2.88 bits per heavy atom. The third kappa shape index (κ3) is 1.12. The Bertz CT molecular complexity index is 575.